The lowest BCUT2D eigenvalue weighted by molar-refractivity contribution is -0.126. The second kappa shape index (κ2) is 24.1. The van der Waals surface area contributed by atoms with Crippen molar-refractivity contribution in [3.05, 3.63) is 77.7 Å². The maximum Gasteiger partial charge on any atom is 0.246 e. The van der Waals surface area contributed by atoms with Crippen LogP contribution in [0.3, 0.4) is 0 Å². The van der Waals surface area contributed by atoms with Gasteiger partial charge >= 0.3 is 0 Å². The highest BCUT2D eigenvalue weighted by atomic mass is 16.5. The van der Waals surface area contributed by atoms with Crippen molar-refractivity contribution >= 4 is 40.1 Å². The molecule has 5 N–H and O–H groups in total. The smallest absolute Gasteiger partial charge is 0.246 e. The molecule has 1 aliphatic heterocycles. The molecule has 1 aliphatic carbocycles. The van der Waals surface area contributed by atoms with Gasteiger partial charge in [0.15, 0.2) is 0 Å². The molecule has 0 radical (unpaired) electrons. The predicted octanol–water partition coefficient (Wildman–Crippen LogP) is 5.47. The van der Waals surface area contributed by atoms with Crippen molar-refractivity contribution < 1.29 is 33.0 Å². The van der Waals surface area contributed by atoms with Gasteiger partial charge in [0, 0.05) is 71.8 Å². The van der Waals surface area contributed by atoms with Crippen LogP contribution in [-0.4, -0.2) is 103 Å². The number of aryl methyl sites for hydroxylation is 1. The van der Waals surface area contributed by atoms with Crippen LogP contribution in [0.4, 0.5) is 11.4 Å². The fourth-order valence-corrected chi connectivity index (χ4v) is 6.88. The lowest BCUT2D eigenvalue weighted by atomic mass is 9.90. The van der Waals surface area contributed by atoms with E-state index in [0.717, 1.165) is 76.2 Å². The van der Waals surface area contributed by atoms with Crippen molar-refractivity contribution in [1.29, 1.82) is 0 Å². The fraction of sp³-hybridized carbons (Fsp3) is 0.478. The van der Waals surface area contributed by atoms with Crippen molar-refractivity contribution in [3.63, 3.8) is 0 Å². The average molecular weight is 814 g/mol. The fourth-order valence-electron chi connectivity index (χ4n) is 6.88. The van der Waals surface area contributed by atoms with E-state index >= 15 is 0 Å². The van der Waals surface area contributed by atoms with Gasteiger partial charge in [-0.1, -0.05) is 12.6 Å². The third kappa shape index (κ3) is 13.7. The molecule has 0 spiro atoms. The number of rotatable bonds is 25. The van der Waals surface area contributed by atoms with Gasteiger partial charge in [0.1, 0.15) is 31.0 Å². The zero-order valence-electron chi connectivity index (χ0n) is 35.9. The van der Waals surface area contributed by atoms with E-state index in [4.69, 9.17) is 24.4 Å². The van der Waals surface area contributed by atoms with E-state index in [1.54, 1.807) is 6.92 Å². The predicted molar refractivity (Wildman–Crippen MR) is 237 cm³/mol. The number of carbonyl (C=O) groups is 3. The topological polar surface area (TPSA) is 160 Å². The van der Waals surface area contributed by atoms with Crippen molar-refractivity contribution in [2.45, 2.75) is 66.8 Å². The average Bonchev–Trinajstić information content (AvgIpc) is 3.22. The third-order valence-corrected chi connectivity index (χ3v) is 10.2. The molecule has 0 fully saturated rings. The molecule has 3 amide bonds. The molecule has 0 unspecified atom stereocenters. The number of unbranched alkanes of at least 4 members (excludes halogenated alkanes) is 1. The number of anilines is 2. The maximum absolute atomic E-state index is 13.1. The summed E-state index contributed by atoms with van der Waals surface area (Å²) in [7, 11) is 0. The minimum absolute atomic E-state index is 0.0658. The molecule has 1 heterocycles. The second-order valence-electron chi connectivity index (χ2n) is 14.5. The zero-order chi connectivity index (χ0) is 42.7. The Morgan fingerprint density at radius 2 is 1.53 bits per heavy atom. The van der Waals surface area contributed by atoms with Crippen LogP contribution in [0.15, 0.2) is 71.2 Å². The first-order chi connectivity index (χ1) is 28.5. The summed E-state index contributed by atoms with van der Waals surface area (Å²) in [6.07, 6.45) is 1.84. The summed E-state index contributed by atoms with van der Waals surface area (Å²) >= 11 is 0. The van der Waals surface area contributed by atoms with Crippen LogP contribution in [0.25, 0.3) is 33.4 Å². The number of hydrogen-bond donors (Lipinski definition) is 4. The van der Waals surface area contributed by atoms with Crippen molar-refractivity contribution in [1.82, 2.24) is 15.2 Å². The van der Waals surface area contributed by atoms with E-state index in [1.165, 1.54) is 0 Å². The lowest BCUT2D eigenvalue weighted by Crippen LogP contribution is -2.35. The molecule has 13 heteroatoms. The molecule has 0 bridgehead atoms. The molecular formula is C46H65N6O7+. The van der Waals surface area contributed by atoms with E-state index in [0.29, 0.717) is 70.0 Å². The summed E-state index contributed by atoms with van der Waals surface area (Å²) in [6.45, 7) is 22.1. The lowest BCUT2D eigenvalue weighted by Gasteiger charge is -2.23. The molecule has 0 aromatic heterocycles. The van der Waals surface area contributed by atoms with Gasteiger partial charge in [-0.3, -0.25) is 14.4 Å². The quantitative estimate of drug-likeness (QED) is 0.0295. The van der Waals surface area contributed by atoms with Crippen molar-refractivity contribution in [2.75, 3.05) is 89.1 Å². The largest absolute Gasteiger partial charge is 0.456 e. The maximum atomic E-state index is 13.1. The number of amides is 3. The number of nitrogens with zero attached hydrogens (tertiary/aromatic N) is 2. The summed E-state index contributed by atoms with van der Waals surface area (Å²) in [5.41, 5.74) is 13.6. The van der Waals surface area contributed by atoms with Gasteiger partial charge in [-0.2, -0.15) is 0 Å². The van der Waals surface area contributed by atoms with Gasteiger partial charge < -0.3 is 45.2 Å². The summed E-state index contributed by atoms with van der Waals surface area (Å²) in [5.74, 6) is 0.163. The molecule has 2 aliphatic rings. The van der Waals surface area contributed by atoms with Crippen LogP contribution >= 0.6 is 0 Å². The number of hydrogen-bond acceptors (Lipinski definition) is 9. The first-order valence-electron chi connectivity index (χ1n) is 21.0. The van der Waals surface area contributed by atoms with Crippen molar-refractivity contribution in [3.8, 4) is 22.5 Å². The minimum atomic E-state index is -0.689. The van der Waals surface area contributed by atoms with Crippen LogP contribution in [0.5, 0.6) is 0 Å². The summed E-state index contributed by atoms with van der Waals surface area (Å²) in [5, 5.41) is 10.7. The van der Waals surface area contributed by atoms with E-state index in [9.17, 15) is 14.4 Å². The molecule has 13 nitrogen and oxygen atoms in total. The zero-order valence-corrected chi connectivity index (χ0v) is 35.9. The Balaban J connectivity index is 1.25. The molecule has 2 aromatic carbocycles. The minimum Gasteiger partial charge on any atom is -0.456 e. The monoisotopic (exact) mass is 813 g/mol. The second-order valence-corrected chi connectivity index (χ2v) is 14.5. The van der Waals surface area contributed by atoms with Gasteiger partial charge in [-0.05, 0) is 102 Å². The molecule has 59 heavy (non-hydrogen) atoms. The highest BCUT2D eigenvalue weighted by molar-refractivity contribution is 6.04. The number of carbonyl (C=O) groups excluding carboxylic acids is 3. The van der Waals surface area contributed by atoms with E-state index in [1.807, 2.05) is 12.1 Å². The first kappa shape index (κ1) is 46.6. The Labute approximate surface area is 349 Å². The van der Waals surface area contributed by atoms with Crippen LogP contribution in [0, 0.1) is 6.92 Å². The molecule has 4 rings (SSSR count). The van der Waals surface area contributed by atoms with Gasteiger partial charge in [-0.25, -0.2) is 4.58 Å². The van der Waals surface area contributed by atoms with Gasteiger partial charge in [0.25, 0.3) is 0 Å². The molecule has 320 valence electrons. The number of nitrogens with two attached hydrogens (primary N) is 1. The SMILES string of the molecule is C=C(C)C(=O)NCCOCCOCCOCC(=O)NCCCC[C@H](N)C(=O)Nc1ccc(-c2c3ccc(=[N+](CC)CC)cc-3oc3cc(N(CC)CC)ccc23)c(C)c1. The Hall–Kier alpha value is -5.08. The highest BCUT2D eigenvalue weighted by Crippen LogP contribution is 2.42. The van der Waals surface area contributed by atoms with Gasteiger partial charge in [-0.15, -0.1) is 0 Å². The van der Waals surface area contributed by atoms with Crippen LogP contribution in [0.2, 0.25) is 0 Å². The van der Waals surface area contributed by atoms with Gasteiger partial charge in [0.05, 0.1) is 45.1 Å². The third-order valence-electron chi connectivity index (χ3n) is 10.2. The standard InChI is InChI=1S/C46H64N6O7/c1-8-51(9-2)35-16-19-38-41(29-35)59-42-30-36(52(10-3)11-4)17-20-39(42)44(38)37-18-15-34(28-33(37)7)50-46(55)40(47)14-12-13-21-48-43(53)31-58-27-26-57-25-24-56-23-22-49-45(54)32(5)6/h15-20,28-30,40H,5,8-14,21-27,31,47H2,1-4,6-7H3,(H2,48,49,53,54)/p+1/t40-/m0/s1. The summed E-state index contributed by atoms with van der Waals surface area (Å²) < 4.78 is 25.2. The van der Waals surface area contributed by atoms with Crippen LogP contribution in [0.1, 0.15) is 59.4 Å². The normalized spacial score (nSPS) is 11.7. The molecule has 0 saturated heterocycles. The Morgan fingerprint density at radius 1 is 0.831 bits per heavy atom. The number of benzene rings is 3. The molecular weight excluding hydrogens is 749 g/mol. The molecule has 2 aromatic rings. The van der Waals surface area contributed by atoms with Crippen molar-refractivity contribution in [2.24, 2.45) is 5.73 Å². The van der Waals surface area contributed by atoms with Crippen LogP contribution in [-0.2, 0) is 28.6 Å². The van der Waals surface area contributed by atoms with Crippen LogP contribution < -0.4 is 36.5 Å². The van der Waals surface area contributed by atoms with E-state index < -0.39 is 6.04 Å². The van der Waals surface area contributed by atoms with E-state index in [-0.39, 0.29) is 30.9 Å². The Kier molecular flexibility index (Phi) is 19.0. The van der Waals surface area contributed by atoms with E-state index in [2.05, 4.69) is 109 Å². The Morgan fingerprint density at radius 3 is 2.20 bits per heavy atom. The highest BCUT2D eigenvalue weighted by Gasteiger charge is 2.21. The number of nitrogens with one attached hydrogen (secondary N) is 3. The summed E-state index contributed by atoms with van der Waals surface area (Å²) in [6, 6.07) is 18.2. The molecule has 0 saturated carbocycles. The number of ether oxygens (including phenoxy) is 3. The number of fused-ring (bicyclic) bond motifs is 2. The van der Waals surface area contributed by atoms with Gasteiger partial charge in [0.2, 0.25) is 23.1 Å². The summed E-state index contributed by atoms with van der Waals surface area (Å²) in [4.78, 5) is 39.0. The Bertz CT molecular complexity index is 2050. The molecule has 1 atom stereocenters. The first-order valence-corrected chi connectivity index (χ1v) is 21.0.